The Bertz CT molecular complexity index is 487. The molecule has 0 aromatic rings. The summed E-state index contributed by atoms with van der Waals surface area (Å²) < 4.78 is 30.7. The number of hydrogen-bond acceptors (Lipinski definition) is 3. The molecule has 0 aromatic heterocycles. The maximum absolute atomic E-state index is 11.4. The number of quaternary nitrogens is 1. The Morgan fingerprint density at radius 2 is 1.50 bits per heavy atom. The molecular formula is C17H35N2O4S+. The smallest absolute Gasteiger partial charge is 0.264 e. The molecule has 0 fully saturated rings. The van der Waals surface area contributed by atoms with Crippen molar-refractivity contribution in [1.29, 1.82) is 0 Å². The van der Waals surface area contributed by atoms with Crippen LogP contribution in [0.25, 0.3) is 0 Å². The molecule has 0 heterocycles. The van der Waals surface area contributed by atoms with Crippen molar-refractivity contribution >= 4 is 16.0 Å². The van der Waals surface area contributed by atoms with Gasteiger partial charge < -0.3 is 9.80 Å². The topological polar surface area (TPSA) is 83.5 Å². The molecule has 7 heteroatoms. The fourth-order valence-electron chi connectivity index (χ4n) is 2.50. The first-order chi connectivity index (χ1) is 11.0. The summed E-state index contributed by atoms with van der Waals surface area (Å²) >= 11 is 0. The normalized spacial score (nSPS) is 12.2. The zero-order valence-corrected chi connectivity index (χ0v) is 16.3. The number of nitrogens with zero attached hydrogens (tertiary/aromatic N) is 1. The van der Waals surface area contributed by atoms with Crippen LogP contribution < -0.4 is 5.32 Å². The van der Waals surface area contributed by atoms with Gasteiger partial charge in [0.1, 0.15) is 0 Å². The highest BCUT2D eigenvalue weighted by Gasteiger charge is 2.14. The third kappa shape index (κ3) is 14.7. The van der Waals surface area contributed by atoms with Crippen LogP contribution in [0, 0.1) is 0 Å². The number of carbonyl (C=O) groups excluding carboxylic acids is 1. The summed E-state index contributed by atoms with van der Waals surface area (Å²) in [4.78, 5) is 11.4. The summed E-state index contributed by atoms with van der Waals surface area (Å²) in [6.07, 6.45) is 6.72. The van der Waals surface area contributed by atoms with Gasteiger partial charge in [-0.1, -0.05) is 25.8 Å². The summed E-state index contributed by atoms with van der Waals surface area (Å²) in [5, 5.41) is 2.85. The Morgan fingerprint density at radius 3 is 2.04 bits per heavy atom. The molecule has 24 heavy (non-hydrogen) atoms. The third-order valence-electron chi connectivity index (χ3n) is 4.03. The molecule has 142 valence electrons. The highest BCUT2D eigenvalue weighted by molar-refractivity contribution is 7.85. The van der Waals surface area contributed by atoms with Gasteiger partial charge in [0, 0.05) is 18.5 Å². The van der Waals surface area contributed by atoms with Crippen LogP contribution in [0.3, 0.4) is 0 Å². The molecule has 6 nitrogen and oxygen atoms in total. The molecule has 0 radical (unpaired) electrons. The van der Waals surface area contributed by atoms with Crippen LogP contribution in [-0.2, 0) is 14.9 Å². The Balaban J connectivity index is 3.60. The van der Waals surface area contributed by atoms with Crippen LogP contribution in [0.5, 0.6) is 0 Å². The van der Waals surface area contributed by atoms with Crippen LogP contribution >= 0.6 is 0 Å². The number of unbranched alkanes of at least 4 members (excludes halogenated alkanes) is 5. The zero-order chi connectivity index (χ0) is 18.6. The number of rotatable bonds is 14. The lowest BCUT2D eigenvalue weighted by Gasteiger charge is -2.30. The van der Waals surface area contributed by atoms with Crippen molar-refractivity contribution in [1.82, 2.24) is 5.32 Å². The van der Waals surface area contributed by atoms with Crippen LogP contribution in [0.2, 0.25) is 0 Å². The molecule has 0 aliphatic carbocycles. The van der Waals surface area contributed by atoms with Crippen molar-refractivity contribution < 1.29 is 22.2 Å². The molecule has 0 rings (SSSR count). The van der Waals surface area contributed by atoms with Crippen molar-refractivity contribution in [2.24, 2.45) is 0 Å². The Morgan fingerprint density at radius 1 is 1.00 bits per heavy atom. The lowest BCUT2D eigenvalue weighted by Crippen LogP contribution is -2.42. The average Bonchev–Trinajstić information content (AvgIpc) is 2.44. The maximum Gasteiger partial charge on any atom is 0.264 e. The lowest BCUT2D eigenvalue weighted by molar-refractivity contribution is -0.890. The zero-order valence-electron chi connectivity index (χ0n) is 15.5. The minimum Gasteiger partial charge on any atom is -0.352 e. The van der Waals surface area contributed by atoms with E-state index in [1.54, 1.807) is 6.92 Å². The number of hydrogen-bond donors (Lipinski definition) is 2. The average molecular weight is 364 g/mol. The largest absolute Gasteiger partial charge is 0.352 e. The van der Waals surface area contributed by atoms with Crippen molar-refractivity contribution in [2.75, 3.05) is 39.5 Å². The van der Waals surface area contributed by atoms with Crippen molar-refractivity contribution in [2.45, 2.75) is 51.9 Å². The van der Waals surface area contributed by atoms with E-state index in [0.717, 1.165) is 56.1 Å². The molecule has 0 aliphatic rings. The standard InChI is InChI=1S/C17H34N2O4S/c1-16(2)17(20)18-12-11-14-19(3,4)13-9-7-5-6-8-10-15-24(21,22)23/h1,5-15H2,2-4H3,(H-,18,20,21,22,23)/p+1. The Kier molecular flexibility index (Phi) is 11.2. The second-order valence-electron chi connectivity index (χ2n) is 7.18. The minimum atomic E-state index is -3.80. The minimum absolute atomic E-state index is 0.0747. The molecule has 0 bridgehead atoms. The first-order valence-electron chi connectivity index (χ1n) is 8.74. The SMILES string of the molecule is C=C(C)C(=O)NCCC[N+](C)(C)CCCCCCCCS(=O)(=O)O. The molecule has 0 atom stereocenters. The Labute approximate surface area is 147 Å². The maximum atomic E-state index is 11.4. The van der Waals surface area contributed by atoms with Gasteiger partial charge in [-0.05, 0) is 26.2 Å². The van der Waals surface area contributed by atoms with E-state index in [1.807, 2.05) is 0 Å². The van der Waals surface area contributed by atoms with Gasteiger partial charge in [0.05, 0.1) is 32.9 Å². The van der Waals surface area contributed by atoms with E-state index < -0.39 is 10.1 Å². The van der Waals surface area contributed by atoms with Crippen LogP contribution in [0.4, 0.5) is 0 Å². The molecule has 0 unspecified atom stereocenters. The van der Waals surface area contributed by atoms with E-state index >= 15 is 0 Å². The van der Waals surface area contributed by atoms with Crippen LogP contribution in [-0.4, -0.2) is 62.8 Å². The van der Waals surface area contributed by atoms with Crippen molar-refractivity contribution in [3.63, 3.8) is 0 Å². The second-order valence-corrected chi connectivity index (χ2v) is 8.75. The van der Waals surface area contributed by atoms with E-state index in [1.165, 1.54) is 0 Å². The van der Waals surface area contributed by atoms with Crippen molar-refractivity contribution in [3.05, 3.63) is 12.2 Å². The van der Waals surface area contributed by atoms with Gasteiger partial charge in [-0.25, -0.2) is 0 Å². The fourth-order valence-corrected chi connectivity index (χ4v) is 3.07. The van der Waals surface area contributed by atoms with Gasteiger partial charge in [0.2, 0.25) is 5.91 Å². The third-order valence-corrected chi connectivity index (χ3v) is 4.83. The van der Waals surface area contributed by atoms with Crippen LogP contribution in [0.15, 0.2) is 12.2 Å². The highest BCUT2D eigenvalue weighted by atomic mass is 32.2. The van der Waals surface area contributed by atoms with E-state index in [-0.39, 0.29) is 11.7 Å². The van der Waals surface area contributed by atoms with E-state index in [0.29, 0.717) is 18.5 Å². The highest BCUT2D eigenvalue weighted by Crippen LogP contribution is 2.09. The summed E-state index contributed by atoms with van der Waals surface area (Å²) in [5.41, 5.74) is 0.542. The van der Waals surface area contributed by atoms with E-state index in [4.69, 9.17) is 4.55 Å². The molecule has 0 saturated heterocycles. The molecular weight excluding hydrogens is 328 g/mol. The summed E-state index contributed by atoms with van der Waals surface area (Å²) in [6.45, 7) is 8.12. The first-order valence-corrected chi connectivity index (χ1v) is 10.4. The molecule has 0 aliphatic heterocycles. The number of nitrogens with one attached hydrogen (secondary N) is 1. The molecule has 0 saturated carbocycles. The van der Waals surface area contributed by atoms with Gasteiger partial charge in [-0.3, -0.25) is 9.35 Å². The molecule has 1 amide bonds. The monoisotopic (exact) mass is 363 g/mol. The first kappa shape index (κ1) is 23.1. The van der Waals surface area contributed by atoms with E-state index in [9.17, 15) is 13.2 Å². The summed E-state index contributed by atoms with van der Waals surface area (Å²) in [5.74, 6) is -0.201. The fraction of sp³-hybridized carbons (Fsp3) is 0.824. The Hall–Kier alpha value is -0.920. The van der Waals surface area contributed by atoms with Crippen LogP contribution in [0.1, 0.15) is 51.9 Å². The predicted molar refractivity (Wildman–Crippen MR) is 98.4 cm³/mol. The van der Waals surface area contributed by atoms with Crippen molar-refractivity contribution in [3.8, 4) is 0 Å². The summed E-state index contributed by atoms with van der Waals surface area (Å²) in [6, 6.07) is 0. The van der Waals surface area contributed by atoms with Gasteiger partial charge in [-0.15, -0.1) is 0 Å². The molecule has 0 spiro atoms. The second kappa shape index (κ2) is 11.6. The lowest BCUT2D eigenvalue weighted by atomic mass is 10.1. The van der Waals surface area contributed by atoms with E-state index in [2.05, 4.69) is 26.0 Å². The van der Waals surface area contributed by atoms with Gasteiger partial charge in [-0.2, -0.15) is 8.42 Å². The quantitative estimate of drug-likeness (QED) is 0.215. The van der Waals surface area contributed by atoms with Gasteiger partial charge in [0.15, 0.2) is 0 Å². The predicted octanol–water partition coefficient (Wildman–Crippen LogP) is 2.37. The number of carbonyl (C=O) groups is 1. The molecule has 0 aromatic carbocycles. The van der Waals surface area contributed by atoms with Gasteiger partial charge in [0.25, 0.3) is 10.1 Å². The van der Waals surface area contributed by atoms with Gasteiger partial charge >= 0.3 is 0 Å². The number of amides is 1. The molecule has 2 N–H and O–H groups in total. The summed E-state index contributed by atoms with van der Waals surface area (Å²) in [7, 11) is 0.606.